The minimum Gasteiger partial charge on any atom is -0.394 e. The summed E-state index contributed by atoms with van der Waals surface area (Å²) >= 11 is 0. The van der Waals surface area contributed by atoms with Crippen molar-refractivity contribution in [1.29, 1.82) is 0 Å². The summed E-state index contributed by atoms with van der Waals surface area (Å²) in [7, 11) is 0. The molecular weight excluding hydrogens is 254 g/mol. The molecule has 1 unspecified atom stereocenters. The van der Waals surface area contributed by atoms with Crippen LogP contribution >= 0.6 is 0 Å². The predicted octanol–water partition coefficient (Wildman–Crippen LogP) is 2.29. The van der Waals surface area contributed by atoms with Crippen LogP contribution in [0.2, 0.25) is 0 Å². The molecule has 0 aliphatic rings. The molecule has 0 saturated carbocycles. The van der Waals surface area contributed by atoms with Crippen molar-refractivity contribution >= 4 is 5.91 Å². The van der Waals surface area contributed by atoms with Crippen LogP contribution in [0.25, 0.3) is 0 Å². The zero-order chi connectivity index (χ0) is 15.0. The molecule has 0 spiro atoms. The molecule has 1 rings (SSSR count). The highest BCUT2D eigenvalue weighted by Gasteiger charge is 2.18. The molecule has 4 heteroatoms. The summed E-state index contributed by atoms with van der Waals surface area (Å²) < 4.78 is 5.50. The molecule has 0 saturated heterocycles. The highest BCUT2D eigenvalue weighted by molar-refractivity contribution is 5.80. The van der Waals surface area contributed by atoms with Gasteiger partial charge in [-0.15, -0.1) is 0 Å². The maximum Gasteiger partial charge on any atom is 0.249 e. The minimum absolute atomic E-state index is 0.130. The van der Waals surface area contributed by atoms with Gasteiger partial charge in [-0.2, -0.15) is 0 Å². The first-order valence-electron chi connectivity index (χ1n) is 7.12. The number of benzene rings is 1. The third kappa shape index (κ3) is 5.72. The summed E-state index contributed by atoms with van der Waals surface area (Å²) in [5.74, 6) is 0.358. The third-order valence-corrected chi connectivity index (χ3v) is 3.13. The van der Waals surface area contributed by atoms with E-state index in [2.05, 4.69) is 19.2 Å². The van der Waals surface area contributed by atoms with E-state index in [0.717, 1.165) is 12.0 Å². The fourth-order valence-corrected chi connectivity index (χ4v) is 1.77. The van der Waals surface area contributed by atoms with Gasteiger partial charge in [0.25, 0.3) is 0 Å². The second-order valence-corrected chi connectivity index (χ2v) is 5.35. The van der Waals surface area contributed by atoms with E-state index in [0.29, 0.717) is 12.5 Å². The number of aliphatic hydroxyl groups excluding tert-OH is 1. The van der Waals surface area contributed by atoms with Crippen molar-refractivity contribution in [3.05, 3.63) is 35.9 Å². The fourth-order valence-electron chi connectivity index (χ4n) is 1.77. The highest BCUT2D eigenvalue weighted by atomic mass is 16.5. The highest BCUT2D eigenvalue weighted by Crippen LogP contribution is 2.12. The van der Waals surface area contributed by atoms with Crippen LogP contribution in [0.5, 0.6) is 0 Å². The van der Waals surface area contributed by atoms with Crippen LogP contribution in [0.1, 0.15) is 38.8 Å². The van der Waals surface area contributed by atoms with E-state index in [1.807, 2.05) is 30.3 Å². The molecule has 2 N–H and O–H groups in total. The number of ether oxygens (including phenoxy) is 1. The molecule has 0 aliphatic carbocycles. The van der Waals surface area contributed by atoms with Crippen molar-refractivity contribution in [2.45, 2.75) is 39.3 Å². The number of nitrogens with one attached hydrogen (secondary N) is 1. The van der Waals surface area contributed by atoms with E-state index in [1.54, 1.807) is 6.92 Å². The lowest BCUT2D eigenvalue weighted by Crippen LogP contribution is -2.38. The summed E-state index contributed by atoms with van der Waals surface area (Å²) in [5, 5.41) is 12.2. The van der Waals surface area contributed by atoms with Gasteiger partial charge in [0.1, 0.15) is 6.10 Å². The summed E-state index contributed by atoms with van der Waals surface area (Å²) in [5.41, 5.74) is 0.887. The van der Waals surface area contributed by atoms with Gasteiger partial charge in [-0.1, -0.05) is 44.2 Å². The van der Waals surface area contributed by atoms with E-state index in [9.17, 15) is 9.90 Å². The molecule has 20 heavy (non-hydrogen) atoms. The largest absolute Gasteiger partial charge is 0.394 e. The molecule has 0 aliphatic heterocycles. The lowest BCUT2D eigenvalue weighted by molar-refractivity contribution is -0.133. The van der Waals surface area contributed by atoms with E-state index in [1.165, 1.54) is 0 Å². The zero-order valence-corrected chi connectivity index (χ0v) is 12.5. The topological polar surface area (TPSA) is 58.6 Å². The molecule has 112 valence electrons. The summed E-state index contributed by atoms with van der Waals surface area (Å²) in [6.45, 7) is 6.40. The van der Waals surface area contributed by atoms with Crippen LogP contribution in [0, 0.1) is 5.92 Å². The molecular formula is C16H25NO3. The van der Waals surface area contributed by atoms with Crippen molar-refractivity contribution in [1.82, 2.24) is 5.32 Å². The predicted molar refractivity (Wildman–Crippen MR) is 79.3 cm³/mol. The Kier molecular flexibility index (Phi) is 7.26. The van der Waals surface area contributed by atoms with Gasteiger partial charge < -0.3 is 15.2 Å². The third-order valence-electron chi connectivity index (χ3n) is 3.13. The van der Waals surface area contributed by atoms with Gasteiger partial charge in [0.05, 0.1) is 12.6 Å². The Morgan fingerprint density at radius 3 is 2.45 bits per heavy atom. The van der Waals surface area contributed by atoms with E-state index in [-0.39, 0.29) is 18.6 Å². The van der Waals surface area contributed by atoms with Crippen molar-refractivity contribution < 1.29 is 14.6 Å². The van der Waals surface area contributed by atoms with Crippen molar-refractivity contribution in [3.8, 4) is 0 Å². The van der Waals surface area contributed by atoms with Crippen LogP contribution < -0.4 is 5.32 Å². The standard InChI is InChI=1S/C16H25NO3/c1-12(2)9-10-20-13(3)16(19)17-15(11-18)14-7-5-4-6-8-14/h4-8,12-13,15,18H,9-11H2,1-3H3,(H,17,19)/t13?,15-/m1/s1. The molecule has 4 nitrogen and oxygen atoms in total. The Bertz CT molecular complexity index is 392. The Balaban J connectivity index is 2.46. The SMILES string of the molecule is CC(C)CCOC(C)C(=O)N[C@H](CO)c1ccccc1. The average molecular weight is 279 g/mol. The Hall–Kier alpha value is -1.39. The molecule has 1 aromatic carbocycles. The Morgan fingerprint density at radius 2 is 1.90 bits per heavy atom. The number of carbonyl (C=O) groups is 1. The summed E-state index contributed by atoms with van der Waals surface area (Å²) in [6.07, 6.45) is 0.422. The normalized spacial score (nSPS) is 14.1. The monoisotopic (exact) mass is 279 g/mol. The maximum absolute atomic E-state index is 12.0. The molecule has 1 amide bonds. The first kappa shape index (κ1) is 16.7. The lowest BCUT2D eigenvalue weighted by atomic mass is 10.1. The molecule has 0 bridgehead atoms. The van der Waals surface area contributed by atoms with Gasteiger partial charge in [0.15, 0.2) is 0 Å². The van der Waals surface area contributed by atoms with Gasteiger partial charge in [-0.05, 0) is 24.8 Å². The Morgan fingerprint density at radius 1 is 1.25 bits per heavy atom. The van der Waals surface area contributed by atoms with Crippen LogP contribution in [0.4, 0.5) is 0 Å². The van der Waals surface area contributed by atoms with Crippen LogP contribution in [0.15, 0.2) is 30.3 Å². The maximum atomic E-state index is 12.0. The molecule has 0 heterocycles. The Labute approximate surface area is 121 Å². The molecule has 0 radical (unpaired) electrons. The van der Waals surface area contributed by atoms with Crippen LogP contribution in [0.3, 0.4) is 0 Å². The van der Waals surface area contributed by atoms with E-state index < -0.39 is 6.10 Å². The first-order valence-corrected chi connectivity index (χ1v) is 7.12. The molecule has 1 aromatic rings. The van der Waals surface area contributed by atoms with Gasteiger partial charge in [0.2, 0.25) is 5.91 Å². The lowest BCUT2D eigenvalue weighted by Gasteiger charge is -2.20. The molecule has 0 fully saturated rings. The van der Waals surface area contributed by atoms with Crippen LogP contribution in [-0.2, 0) is 9.53 Å². The fraction of sp³-hybridized carbons (Fsp3) is 0.562. The van der Waals surface area contributed by atoms with Crippen molar-refractivity contribution in [2.24, 2.45) is 5.92 Å². The van der Waals surface area contributed by atoms with Crippen molar-refractivity contribution in [2.75, 3.05) is 13.2 Å². The number of carbonyl (C=O) groups excluding carboxylic acids is 1. The second-order valence-electron chi connectivity index (χ2n) is 5.35. The average Bonchev–Trinajstić information content (AvgIpc) is 2.44. The van der Waals surface area contributed by atoms with Gasteiger partial charge in [-0.25, -0.2) is 0 Å². The zero-order valence-electron chi connectivity index (χ0n) is 12.5. The number of rotatable bonds is 8. The summed E-state index contributed by atoms with van der Waals surface area (Å²) in [4.78, 5) is 12.0. The first-order chi connectivity index (χ1) is 9.54. The second kappa shape index (κ2) is 8.72. The van der Waals surface area contributed by atoms with E-state index in [4.69, 9.17) is 4.74 Å². The number of hydrogen-bond donors (Lipinski definition) is 2. The minimum atomic E-state index is -0.508. The number of hydrogen-bond acceptors (Lipinski definition) is 3. The smallest absolute Gasteiger partial charge is 0.249 e. The van der Waals surface area contributed by atoms with Gasteiger partial charge in [0, 0.05) is 6.61 Å². The summed E-state index contributed by atoms with van der Waals surface area (Å²) in [6, 6.07) is 9.04. The van der Waals surface area contributed by atoms with E-state index >= 15 is 0 Å². The number of aliphatic hydroxyl groups is 1. The van der Waals surface area contributed by atoms with Crippen LogP contribution in [-0.4, -0.2) is 30.3 Å². The van der Waals surface area contributed by atoms with Gasteiger partial charge in [-0.3, -0.25) is 4.79 Å². The van der Waals surface area contributed by atoms with Crippen molar-refractivity contribution in [3.63, 3.8) is 0 Å². The number of amides is 1. The molecule has 2 atom stereocenters. The quantitative estimate of drug-likeness (QED) is 0.767. The van der Waals surface area contributed by atoms with Gasteiger partial charge >= 0.3 is 0 Å². The molecule has 0 aromatic heterocycles.